The first kappa shape index (κ1) is 16.8. The predicted molar refractivity (Wildman–Crippen MR) is 90.5 cm³/mol. The van der Waals surface area contributed by atoms with Gasteiger partial charge < -0.3 is 19.2 Å². The van der Waals surface area contributed by atoms with Crippen molar-refractivity contribution in [3.8, 4) is 11.4 Å². The van der Waals surface area contributed by atoms with Crippen molar-refractivity contribution in [1.82, 2.24) is 14.7 Å². The SMILES string of the molecule is COc1cccc(-n2cc(CN(C)C(=O)c3ccc(CO)o3)cn2)c1. The van der Waals surface area contributed by atoms with E-state index in [0.29, 0.717) is 12.3 Å². The maximum Gasteiger partial charge on any atom is 0.289 e. The van der Waals surface area contributed by atoms with Crippen LogP contribution in [0.2, 0.25) is 0 Å². The van der Waals surface area contributed by atoms with Crippen LogP contribution >= 0.6 is 0 Å². The van der Waals surface area contributed by atoms with Crippen LogP contribution in [0.5, 0.6) is 5.75 Å². The van der Waals surface area contributed by atoms with Gasteiger partial charge in [0, 0.05) is 31.4 Å². The van der Waals surface area contributed by atoms with E-state index in [0.717, 1.165) is 17.0 Å². The zero-order valence-electron chi connectivity index (χ0n) is 14.0. The highest BCUT2D eigenvalue weighted by molar-refractivity contribution is 5.91. The molecule has 130 valence electrons. The number of furan rings is 1. The van der Waals surface area contributed by atoms with E-state index in [9.17, 15) is 4.79 Å². The molecule has 0 fully saturated rings. The third kappa shape index (κ3) is 3.72. The van der Waals surface area contributed by atoms with E-state index in [4.69, 9.17) is 14.3 Å². The van der Waals surface area contributed by atoms with Crippen molar-refractivity contribution in [1.29, 1.82) is 0 Å². The highest BCUT2D eigenvalue weighted by Gasteiger charge is 2.17. The van der Waals surface area contributed by atoms with Gasteiger partial charge in [0.25, 0.3) is 5.91 Å². The average molecular weight is 341 g/mol. The smallest absolute Gasteiger partial charge is 0.289 e. The Morgan fingerprint density at radius 1 is 1.36 bits per heavy atom. The van der Waals surface area contributed by atoms with Gasteiger partial charge in [0.2, 0.25) is 0 Å². The number of nitrogens with zero attached hydrogens (tertiary/aromatic N) is 3. The highest BCUT2D eigenvalue weighted by atomic mass is 16.5. The first-order chi connectivity index (χ1) is 12.1. The Kier molecular flexibility index (Phi) is 4.85. The lowest BCUT2D eigenvalue weighted by Crippen LogP contribution is -2.25. The van der Waals surface area contributed by atoms with Crippen molar-refractivity contribution in [3.05, 3.63) is 65.9 Å². The molecule has 2 heterocycles. The Labute approximate surface area is 145 Å². The van der Waals surface area contributed by atoms with Gasteiger partial charge in [-0.05, 0) is 24.3 Å². The minimum atomic E-state index is -0.256. The maximum atomic E-state index is 12.3. The summed E-state index contributed by atoms with van der Waals surface area (Å²) in [4.78, 5) is 13.9. The summed E-state index contributed by atoms with van der Waals surface area (Å²) in [5.74, 6) is 1.06. The number of carbonyl (C=O) groups is 1. The molecule has 0 aliphatic carbocycles. The molecule has 0 aliphatic heterocycles. The summed E-state index contributed by atoms with van der Waals surface area (Å²) in [6.45, 7) is 0.155. The zero-order valence-corrected chi connectivity index (χ0v) is 14.0. The van der Waals surface area contributed by atoms with E-state index >= 15 is 0 Å². The fourth-order valence-corrected chi connectivity index (χ4v) is 2.45. The zero-order chi connectivity index (χ0) is 17.8. The molecular weight excluding hydrogens is 322 g/mol. The second-order valence-electron chi connectivity index (χ2n) is 5.58. The van der Waals surface area contributed by atoms with Crippen LogP contribution in [0, 0.1) is 0 Å². The van der Waals surface area contributed by atoms with E-state index in [1.807, 2.05) is 30.5 Å². The van der Waals surface area contributed by atoms with Gasteiger partial charge in [-0.15, -0.1) is 0 Å². The summed E-state index contributed by atoms with van der Waals surface area (Å²) < 4.78 is 12.2. The third-order valence-electron chi connectivity index (χ3n) is 3.75. The molecule has 0 bridgehead atoms. The Bertz CT molecular complexity index is 869. The van der Waals surface area contributed by atoms with Crippen LogP contribution < -0.4 is 4.74 Å². The number of rotatable bonds is 6. The van der Waals surface area contributed by atoms with Crippen LogP contribution in [-0.4, -0.2) is 39.9 Å². The number of methoxy groups -OCH3 is 1. The summed E-state index contributed by atoms with van der Waals surface area (Å²) in [5.41, 5.74) is 1.76. The molecule has 7 nitrogen and oxygen atoms in total. The number of hydrogen-bond acceptors (Lipinski definition) is 5. The monoisotopic (exact) mass is 341 g/mol. The average Bonchev–Trinajstić information content (AvgIpc) is 3.30. The van der Waals surface area contributed by atoms with Crippen molar-refractivity contribution < 1.29 is 19.1 Å². The van der Waals surface area contributed by atoms with Crippen LogP contribution in [0.15, 0.2) is 53.2 Å². The Hall–Kier alpha value is -3.06. The van der Waals surface area contributed by atoms with Gasteiger partial charge in [-0.1, -0.05) is 6.07 Å². The lowest BCUT2D eigenvalue weighted by Gasteiger charge is -2.14. The lowest BCUT2D eigenvalue weighted by molar-refractivity contribution is 0.0748. The largest absolute Gasteiger partial charge is 0.497 e. The van der Waals surface area contributed by atoms with Crippen molar-refractivity contribution in [2.24, 2.45) is 0 Å². The minimum Gasteiger partial charge on any atom is -0.497 e. The molecule has 2 aromatic heterocycles. The molecule has 0 saturated carbocycles. The van der Waals surface area contributed by atoms with E-state index in [1.165, 1.54) is 4.90 Å². The van der Waals surface area contributed by atoms with Crippen molar-refractivity contribution in [3.63, 3.8) is 0 Å². The molecule has 3 rings (SSSR count). The molecule has 0 saturated heterocycles. The molecule has 3 aromatic rings. The predicted octanol–water partition coefficient (Wildman–Crippen LogP) is 2.24. The van der Waals surface area contributed by atoms with Gasteiger partial charge >= 0.3 is 0 Å². The Balaban J connectivity index is 1.71. The molecule has 0 unspecified atom stereocenters. The van der Waals surface area contributed by atoms with E-state index < -0.39 is 0 Å². The normalized spacial score (nSPS) is 10.7. The number of aliphatic hydroxyl groups excluding tert-OH is 1. The molecule has 1 amide bonds. The highest BCUT2D eigenvalue weighted by Crippen LogP contribution is 2.17. The molecule has 1 N–H and O–H groups in total. The second-order valence-corrected chi connectivity index (χ2v) is 5.58. The van der Waals surface area contributed by atoms with Crippen LogP contribution in [-0.2, 0) is 13.2 Å². The van der Waals surface area contributed by atoms with Crippen molar-refractivity contribution in [2.45, 2.75) is 13.2 Å². The molecule has 0 spiro atoms. The summed E-state index contributed by atoms with van der Waals surface area (Å²) in [6, 6.07) is 10.7. The molecule has 0 aliphatic rings. The summed E-state index contributed by atoms with van der Waals surface area (Å²) in [5, 5.41) is 13.3. The van der Waals surface area contributed by atoms with Gasteiger partial charge in [0.05, 0.1) is 19.0 Å². The fourth-order valence-electron chi connectivity index (χ4n) is 2.45. The van der Waals surface area contributed by atoms with Crippen LogP contribution in [0.3, 0.4) is 0 Å². The van der Waals surface area contributed by atoms with E-state index in [-0.39, 0.29) is 18.3 Å². The second kappa shape index (κ2) is 7.23. The number of hydrogen-bond donors (Lipinski definition) is 1. The first-order valence-electron chi connectivity index (χ1n) is 7.73. The topological polar surface area (TPSA) is 80.7 Å². The number of amides is 1. The van der Waals surface area contributed by atoms with Gasteiger partial charge in [0.1, 0.15) is 18.1 Å². The van der Waals surface area contributed by atoms with Gasteiger partial charge in [-0.25, -0.2) is 4.68 Å². The van der Waals surface area contributed by atoms with Crippen LogP contribution in [0.1, 0.15) is 21.9 Å². The quantitative estimate of drug-likeness (QED) is 0.744. The summed E-state index contributed by atoms with van der Waals surface area (Å²) in [7, 11) is 3.30. The minimum absolute atomic E-state index is 0.201. The van der Waals surface area contributed by atoms with E-state index in [2.05, 4.69) is 5.10 Å². The van der Waals surface area contributed by atoms with E-state index in [1.54, 1.807) is 37.2 Å². The standard InChI is InChI=1S/C18H19N3O4/c1-20(18(23)17-7-6-16(12-22)25-17)10-13-9-19-21(11-13)14-4-3-5-15(8-14)24-2/h3-9,11,22H,10,12H2,1-2H3. The number of aliphatic hydroxyl groups is 1. The first-order valence-corrected chi connectivity index (χ1v) is 7.73. The number of aromatic nitrogens is 2. The molecule has 7 heteroatoms. The molecule has 25 heavy (non-hydrogen) atoms. The maximum absolute atomic E-state index is 12.3. The molecule has 1 aromatic carbocycles. The van der Waals surface area contributed by atoms with Crippen molar-refractivity contribution >= 4 is 5.91 Å². The van der Waals surface area contributed by atoms with Gasteiger partial charge in [-0.3, -0.25) is 4.79 Å². The summed E-state index contributed by atoms with van der Waals surface area (Å²) in [6.07, 6.45) is 3.57. The number of benzene rings is 1. The van der Waals surface area contributed by atoms with Gasteiger partial charge in [0.15, 0.2) is 5.76 Å². The number of ether oxygens (including phenoxy) is 1. The Morgan fingerprint density at radius 2 is 2.20 bits per heavy atom. The van der Waals surface area contributed by atoms with Crippen molar-refractivity contribution in [2.75, 3.05) is 14.2 Å². The van der Waals surface area contributed by atoms with Gasteiger partial charge in [-0.2, -0.15) is 5.10 Å². The Morgan fingerprint density at radius 3 is 2.92 bits per heavy atom. The number of carbonyl (C=O) groups excluding carboxylic acids is 1. The molecule has 0 atom stereocenters. The lowest BCUT2D eigenvalue weighted by atomic mass is 10.3. The molecular formula is C18H19N3O4. The van der Waals surface area contributed by atoms with Crippen LogP contribution in [0.4, 0.5) is 0 Å². The summed E-state index contributed by atoms with van der Waals surface area (Å²) >= 11 is 0. The van der Waals surface area contributed by atoms with Crippen LogP contribution in [0.25, 0.3) is 5.69 Å². The molecule has 0 radical (unpaired) electrons. The third-order valence-corrected chi connectivity index (χ3v) is 3.75. The fraction of sp³-hybridized carbons (Fsp3) is 0.222.